The van der Waals surface area contributed by atoms with E-state index in [0.29, 0.717) is 18.8 Å². The number of para-hydroxylation sites is 1. The first-order chi connectivity index (χ1) is 9.67. The largest absolute Gasteiger partial charge is 0.338 e. The van der Waals surface area contributed by atoms with Gasteiger partial charge in [-0.25, -0.2) is 4.39 Å². The van der Waals surface area contributed by atoms with Crippen molar-refractivity contribution in [2.24, 2.45) is 5.73 Å². The van der Waals surface area contributed by atoms with Crippen LogP contribution in [0, 0.1) is 5.82 Å². The first-order valence-corrected chi connectivity index (χ1v) is 7.47. The van der Waals surface area contributed by atoms with Crippen LogP contribution in [0.4, 0.5) is 15.8 Å². The molecule has 2 rings (SSSR count). The quantitative estimate of drug-likeness (QED) is 0.884. The molecule has 0 amide bonds. The average Bonchev–Trinajstić information content (AvgIpc) is 2.44. The molecule has 106 valence electrons. The summed E-state index contributed by atoms with van der Waals surface area (Å²) < 4.78 is 14.9. The van der Waals surface area contributed by atoms with Crippen molar-refractivity contribution in [1.29, 1.82) is 0 Å². The predicted molar refractivity (Wildman–Crippen MR) is 86.0 cm³/mol. The van der Waals surface area contributed by atoms with Gasteiger partial charge in [-0.05, 0) is 65.6 Å². The van der Waals surface area contributed by atoms with Crippen molar-refractivity contribution in [2.75, 3.05) is 18.0 Å². The molecular formula is C16H18BrFN2. The van der Waals surface area contributed by atoms with Gasteiger partial charge in [0.2, 0.25) is 0 Å². The zero-order valence-corrected chi connectivity index (χ0v) is 13.0. The Hall–Kier alpha value is -1.39. The Morgan fingerprint density at radius 1 is 1.15 bits per heavy atom. The molecule has 2 aromatic carbocycles. The van der Waals surface area contributed by atoms with Crippen LogP contribution in [0.2, 0.25) is 0 Å². The van der Waals surface area contributed by atoms with E-state index in [4.69, 9.17) is 5.73 Å². The van der Waals surface area contributed by atoms with Crippen molar-refractivity contribution in [3.05, 3.63) is 58.3 Å². The van der Waals surface area contributed by atoms with Gasteiger partial charge < -0.3 is 10.6 Å². The fourth-order valence-electron chi connectivity index (χ4n) is 2.23. The first-order valence-electron chi connectivity index (χ1n) is 6.68. The molecule has 0 spiro atoms. The van der Waals surface area contributed by atoms with Crippen molar-refractivity contribution in [1.82, 2.24) is 0 Å². The Morgan fingerprint density at radius 2 is 1.90 bits per heavy atom. The van der Waals surface area contributed by atoms with Crippen LogP contribution in [0.3, 0.4) is 0 Å². The lowest BCUT2D eigenvalue weighted by Crippen LogP contribution is -2.18. The number of nitrogens with two attached hydrogens (primary N) is 1. The zero-order chi connectivity index (χ0) is 14.5. The molecule has 0 saturated carbocycles. The molecule has 0 bridgehead atoms. The third kappa shape index (κ3) is 3.19. The van der Waals surface area contributed by atoms with E-state index in [9.17, 15) is 4.39 Å². The van der Waals surface area contributed by atoms with E-state index in [0.717, 1.165) is 16.6 Å². The summed E-state index contributed by atoms with van der Waals surface area (Å²) in [5.74, 6) is -0.215. The number of rotatable bonds is 5. The van der Waals surface area contributed by atoms with E-state index in [1.165, 1.54) is 11.6 Å². The molecule has 0 fully saturated rings. The summed E-state index contributed by atoms with van der Waals surface area (Å²) in [5, 5.41) is 0. The van der Waals surface area contributed by atoms with Crippen LogP contribution in [0.25, 0.3) is 0 Å². The van der Waals surface area contributed by atoms with Crippen molar-refractivity contribution in [3.8, 4) is 0 Å². The predicted octanol–water partition coefficient (Wildman–Crippen LogP) is 4.25. The van der Waals surface area contributed by atoms with Gasteiger partial charge in [0.25, 0.3) is 0 Å². The monoisotopic (exact) mass is 336 g/mol. The van der Waals surface area contributed by atoms with Crippen molar-refractivity contribution < 1.29 is 4.39 Å². The van der Waals surface area contributed by atoms with Gasteiger partial charge >= 0.3 is 0 Å². The summed E-state index contributed by atoms with van der Waals surface area (Å²) in [6.07, 6.45) is 0.838. The standard InChI is InChI=1S/C16H18BrFN2/c1-2-20(16-6-4-3-5-14(16)18)15-8-7-12(9-10-19)11-13(15)17/h3-8,11H,2,9-10,19H2,1H3. The molecule has 0 aliphatic heterocycles. The van der Waals surface area contributed by atoms with Crippen molar-refractivity contribution >= 4 is 27.3 Å². The third-order valence-corrected chi connectivity index (χ3v) is 3.83. The molecule has 0 saturated heterocycles. The van der Waals surface area contributed by atoms with Gasteiger partial charge in [0.05, 0.1) is 11.4 Å². The molecule has 2 N–H and O–H groups in total. The Kier molecular flexibility index (Phi) is 5.15. The molecule has 0 atom stereocenters. The highest BCUT2D eigenvalue weighted by Crippen LogP contribution is 2.34. The van der Waals surface area contributed by atoms with Gasteiger partial charge in [0.1, 0.15) is 5.82 Å². The summed E-state index contributed by atoms with van der Waals surface area (Å²) in [5.41, 5.74) is 8.29. The summed E-state index contributed by atoms with van der Waals surface area (Å²) >= 11 is 3.58. The lowest BCUT2D eigenvalue weighted by atomic mass is 10.1. The summed E-state index contributed by atoms with van der Waals surface area (Å²) in [4.78, 5) is 1.95. The maximum absolute atomic E-state index is 14.0. The minimum Gasteiger partial charge on any atom is -0.338 e. The van der Waals surface area contributed by atoms with Crippen LogP contribution in [-0.4, -0.2) is 13.1 Å². The second kappa shape index (κ2) is 6.86. The highest BCUT2D eigenvalue weighted by molar-refractivity contribution is 9.10. The third-order valence-electron chi connectivity index (χ3n) is 3.20. The zero-order valence-electron chi connectivity index (χ0n) is 11.4. The van der Waals surface area contributed by atoms with Crippen LogP contribution >= 0.6 is 15.9 Å². The fraction of sp³-hybridized carbons (Fsp3) is 0.250. The maximum atomic E-state index is 14.0. The Balaban J connectivity index is 2.40. The van der Waals surface area contributed by atoms with E-state index in [-0.39, 0.29) is 5.82 Å². The maximum Gasteiger partial charge on any atom is 0.146 e. The molecule has 4 heteroatoms. The van der Waals surface area contributed by atoms with Crippen LogP contribution in [0.5, 0.6) is 0 Å². The molecule has 2 aromatic rings. The summed E-state index contributed by atoms with van der Waals surface area (Å²) in [6, 6.07) is 12.9. The van der Waals surface area contributed by atoms with Gasteiger partial charge in [-0.15, -0.1) is 0 Å². The normalized spacial score (nSPS) is 10.6. The lowest BCUT2D eigenvalue weighted by Gasteiger charge is -2.25. The molecule has 0 aliphatic carbocycles. The Bertz CT molecular complexity index is 586. The minimum absolute atomic E-state index is 0.215. The molecule has 0 heterocycles. The number of nitrogens with zero attached hydrogens (tertiary/aromatic N) is 1. The van der Waals surface area contributed by atoms with E-state index in [2.05, 4.69) is 15.9 Å². The van der Waals surface area contributed by atoms with E-state index >= 15 is 0 Å². The number of halogens is 2. The molecular weight excluding hydrogens is 319 g/mol. The molecule has 0 unspecified atom stereocenters. The smallest absolute Gasteiger partial charge is 0.146 e. The van der Waals surface area contributed by atoms with Crippen molar-refractivity contribution in [3.63, 3.8) is 0 Å². The molecule has 0 radical (unpaired) electrons. The SMILES string of the molecule is CCN(c1ccccc1F)c1ccc(CCN)cc1Br. The lowest BCUT2D eigenvalue weighted by molar-refractivity contribution is 0.625. The Labute approximate surface area is 127 Å². The van der Waals surface area contributed by atoms with Crippen LogP contribution in [0.1, 0.15) is 12.5 Å². The van der Waals surface area contributed by atoms with E-state index in [1.54, 1.807) is 12.1 Å². The molecule has 0 aliphatic rings. The van der Waals surface area contributed by atoms with E-state index in [1.807, 2.05) is 36.1 Å². The van der Waals surface area contributed by atoms with Crippen LogP contribution < -0.4 is 10.6 Å². The van der Waals surface area contributed by atoms with Gasteiger partial charge in [0, 0.05) is 11.0 Å². The van der Waals surface area contributed by atoms with Gasteiger partial charge in [-0.3, -0.25) is 0 Å². The Morgan fingerprint density at radius 3 is 2.50 bits per heavy atom. The highest BCUT2D eigenvalue weighted by atomic mass is 79.9. The number of anilines is 2. The van der Waals surface area contributed by atoms with Crippen molar-refractivity contribution in [2.45, 2.75) is 13.3 Å². The van der Waals surface area contributed by atoms with Crippen LogP contribution in [-0.2, 0) is 6.42 Å². The second-order valence-corrected chi connectivity index (χ2v) is 5.37. The fourth-order valence-corrected chi connectivity index (χ4v) is 2.87. The first kappa shape index (κ1) is 15.0. The van der Waals surface area contributed by atoms with Gasteiger partial charge in [-0.2, -0.15) is 0 Å². The topological polar surface area (TPSA) is 29.3 Å². The van der Waals surface area contributed by atoms with E-state index < -0.39 is 0 Å². The number of hydrogen-bond donors (Lipinski definition) is 1. The molecule has 0 aromatic heterocycles. The summed E-state index contributed by atoms with van der Waals surface area (Å²) in [7, 11) is 0. The average molecular weight is 337 g/mol. The minimum atomic E-state index is -0.215. The van der Waals surface area contributed by atoms with Gasteiger partial charge in [-0.1, -0.05) is 18.2 Å². The number of hydrogen-bond acceptors (Lipinski definition) is 2. The second-order valence-electron chi connectivity index (χ2n) is 4.52. The number of benzene rings is 2. The highest BCUT2D eigenvalue weighted by Gasteiger charge is 2.14. The summed E-state index contributed by atoms with van der Waals surface area (Å²) in [6.45, 7) is 3.32. The van der Waals surface area contributed by atoms with Gasteiger partial charge in [0.15, 0.2) is 0 Å². The van der Waals surface area contributed by atoms with Crippen LogP contribution in [0.15, 0.2) is 46.9 Å². The molecule has 20 heavy (non-hydrogen) atoms. The molecule has 2 nitrogen and oxygen atoms in total.